The van der Waals surface area contributed by atoms with Gasteiger partial charge in [-0.15, -0.1) is 0 Å². The molecule has 0 radical (unpaired) electrons. The Morgan fingerprint density at radius 3 is 2.29 bits per heavy atom. The summed E-state index contributed by atoms with van der Waals surface area (Å²) in [7, 11) is 0. The first-order valence-electron chi connectivity index (χ1n) is 5.83. The van der Waals surface area contributed by atoms with E-state index in [-0.39, 0.29) is 5.78 Å². The average Bonchev–Trinajstić information content (AvgIpc) is 2.14. The Labute approximate surface area is 100 Å². The number of aryl methyl sites for hydroxylation is 2. The molecule has 1 aliphatic carbocycles. The zero-order chi connectivity index (χ0) is 12.6. The quantitative estimate of drug-likeness (QED) is 0.644. The molecule has 3 nitrogen and oxygen atoms in total. The van der Waals surface area contributed by atoms with Crippen LogP contribution < -0.4 is 0 Å². The van der Waals surface area contributed by atoms with Crippen LogP contribution >= 0.6 is 0 Å². The Balaban J connectivity index is 2.40. The fraction of sp³-hybridized carbons (Fsp3) is 0.429. The summed E-state index contributed by atoms with van der Waals surface area (Å²) in [4.78, 5) is 23.6. The SMILES string of the molecule is Cc1ccc(C(=O)C2(C(=O)O)CCC2)c(C)c1. The molecular formula is C14H16O3. The van der Waals surface area contributed by atoms with Crippen molar-refractivity contribution in [2.75, 3.05) is 0 Å². The summed E-state index contributed by atoms with van der Waals surface area (Å²) < 4.78 is 0. The smallest absolute Gasteiger partial charge is 0.317 e. The molecule has 0 heterocycles. The van der Waals surface area contributed by atoms with Gasteiger partial charge in [0.05, 0.1) is 0 Å². The average molecular weight is 232 g/mol. The standard InChI is InChI=1S/C14H16O3/c1-9-4-5-11(10(2)8-9)12(15)14(13(16)17)6-3-7-14/h4-5,8H,3,6-7H2,1-2H3,(H,16,17). The van der Waals surface area contributed by atoms with Crippen LogP contribution in [0.15, 0.2) is 18.2 Å². The molecule has 2 rings (SSSR count). The van der Waals surface area contributed by atoms with E-state index in [1.54, 1.807) is 6.07 Å². The highest BCUT2D eigenvalue weighted by molar-refractivity contribution is 6.13. The third kappa shape index (κ3) is 1.75. The fourth-order valence-corrected chi connectivity index (χ4v) is 2.39. The Morgan fingerprint density at radius 1 is 1.24 bits per heavy atom. The van der Waals surface area contributed by atoms with E-state index in [2.05, 4.69) is 0 Å². The third-order valence-electron chi connectivity index (χ3n) is 3.68. The molecule has 0 spiro atoms. The van der Waals surface area contributed by atoms with Crippen LogP contribution in [0.3, 0.4) is 0 Å². The first-order chi connectivity index (χ1) is 7.97. The number of carboxylic acid groups (broad SMARTS) is 1. The van der Waals surface area contributed by atoms with E-state index in [0.717, 1.165) is 17.5 Å². The number of rotatable bonds is 3. The van der Waals surface area contributed by atoms with Crippen molar-refractivity contribution in [2.45, 2.75) is 33.1 Å². The van der Waals surface area contributed by atoms with E-state index in [9.17, 15) is 14.7 Å². The normalized spacial score (nSPS) is 17.3. The Kier molecular flexibility index (Phi) is 2.77. The van der Waals surface area contributed by atoms with Crippen LogP contribution in [0.5, 0.6) is 0 Å². The summed E-state index contributed by atoms with van der Waals surface area (Å²) in [5.41, 5.74) is 1.34. The van der Waals surface area contributed by atoms with Crippen molar-refractivity contribution in [3.63, 3.8) is 0 Å². The lowest BCUT2D eigenvalue weighted by molar-refractivity contribution is -0.150. The number of ketones is 1. The van der Waals surface area contributed by atoms with Gasteiger partial charge in [-0.25, -0.2) is 0 Å². The van der Waals surface area contributed by atoms with Crippen LogP contribution in [0.2, 0.25) is 0 Å². The third-order valence-corrected chi connectivity index (χ3v) is 3.68. The van der Waals surface area contributed by atoms with Gasteiger partial charge in [0, 0.05) is 5.56 Å². The van der Waals surface area contributed by atoms with Gasteiger partial charge in [-0.2, -0.15) is 0 Å². The molecule has 1 N–H and O–H groups in total. The Bertz CT molecular complexity index is 484. The van der Waals surface area contributed by atoms with Crippen molar-refractivity contribution >= 4 is 11.8 Å². The predicted octanol–water partition coefficient (Wildman–Crippen LogP) is 2.74. The molecule has 1 saturated carbocycles. The zero-order valence-electron chi connectivity index (χ0n) is 10.1. The van der Waals surface area contributed by atoms with Crippen LogP contribution in [0, 0.1) is 19.3 Å². The second-order valence-electron chi connectivity index (χ2n) is 4.89. The molecule has 0 amide bonds. The van der Waals surface area contributed by atoms with Crippen molar-refractivity contribution in [3.05, 3.63) is 34.9 Å². The van der Waals surface area contributed by atoms with Crippen LogP contribution in [0.25, 0.3) is 0 Å². The maximum Gasteiger partial charge on any atom is 0.317 e. The molecule has 1 fully saturated rings. The minimum Gasteiger partial charge on any atom is -0.480 e. The second kappa shape index (κ2) is 3.99. The first-order valence-corrected chi connectivity index (χ1v) is 5.83. The number of carbonyl (C=O) groups excluding carboxylic acids is 1. The highest BCUT2D eigenvalue weighted by Gasteiger charge is 2.51. The van der Waals surface area contributed by atoms with Gasteiger partial charge >= 0.3 is 5.97 Å². The monoisotopic (exact) mass is 232 g/mol. The number of benzene rings is 1. The molecule has 90 valence electrons. The molecule has 0 unspecified atom stereocenters. The van der Waals surface area contributed by atoms with Crippen molar-refractivity contribution in [1.29, 1.82) is 0 Å². The van der Waals surface area contributed by atoms with Gasteiger partial charge < -0.3 is 5.11 Å². The molecule has 1 aromatic rings. The number of carboxylic acids is 1. The lowest BCUT2D eigenvalue weighted by Gasteiger charge is -2.36. The van der Waals surface area contributed by atoms with Crippen molar-refractivity contribution in [3.8, 4) is 0 Å². The maximum absolute atomic E-state index is 12.3. The lowest BCUT2D eigenvalue weighted by Crippen LogP contribution is -2.45. The summed E-state index contributed by atoms with van der Waals surface area (Å²) in [5.74, 6) is -1.21. The van der Waals surface area contributed by atoms with Crippen molar-refractivity contribution in [1.82, 2.24) is 0 Å². The molecule has 0 saturated heterocycles. The van der Waals surface area contributed by atoms with E-state index in [1.165, 1.54) is 0 Å². The van der Waals surface area contributed by atoms with E-state index in [0.29, 0.717) is 18.4 Å². The van der Waals surface area contributed by atoms with Gasteiger partial charge in [-0.05, 0) is 32.3 Å². The number of hydrogen-bond donors (Lipinski definition) is 1. The zero-order valence-corrected chi connectivity index (χ0v) is 10.1. The molecule has 0 aromatic heterocycles. The van der Waals surface area contributed by atoms with Gasteiger partial charge in [-0.3, -0.25) is 9.59 Å². The summed E-state index contributed by atoms with van der Waals surface area (Å²) in [6.07, 6.45) is 1.76. The fourth-order valence-electron chi connectivity index (χ4n) is 2.39. The summed E-state index contributed by atoms with van der Waals surface area (Å²) in [6.45, 7) is 3.81. The molecule has 0 atom stereocenters. The topological polar surface area (TPSA) is 54.4 Å². The molecule has 1 aromatic carbocycles. The number of carbonyl (C=O) groups is 2. The van der Waals surface area contributed by atoms with Gasteiger partial charge in [0.2, 0.25) is 0 Å². The van der Waals surface area contributed by atoms with E-state index >= 15 is 0 Å². The van der Waals surface area contributed by atoms with E-state index < -0.39 is 11.4 Å². The molecule has 3 heteroatoms. The lowest BCUT2D eigenvalue weighted by atomic mass is 9.64. The van der Waals surface area contributed by atoms with Crippen molar-refractivity contribution < 1.29 is 14.7 Å². The Hall–Kier alpha value is -1.64. The van der Waals surface area contributed by atoms with E-state index in [4.69, 9.17) is 0 Å². The molecule has 17 heavy (non-hydrogen) atoms. The van der Waals surface area contributed by atoms with Crippen LogP contribution in [0.1, 0.15) is 40.7 Å². The molecular weight excluding hydrogens is 216 g/mol. The number of hydrogen-bond acceptors (Lipinski definition) is 2. The minimum absolute atomic E-state index is 0.228. The predicted molar refractivity (Wildman–Crippen MR) is 64.2 cm³/mol. The van der Waals surface area contributed by atoms with E-state index in [1.807, 2.05) is 26.0 Å². The summed E-state index contributed by atoms with van der Waals surface area (Å²) in [5, 5.41) is 9.24. The highest BCUT2D eigenvalue weighted by Crippen LogP contribution is 2.44. The Morgan fingerprint density at radius 2 is 1.88 bits per heavy atom. The van der Waals surface area contributed by atoms with Crippen LogP contribution in [-0.4, -0.2) is 16.9 Å². The van der Waals surface area contributed by atoms with Crippen LogP contribution in [-0.2, 0) is 4.79 Å². The van der Waals surface area contributed by atoms with Gasteiger partial charge in [0.15, 0.2) is 5.78 Å². The highest BCUT2D eigenvalue weighted by atomic mass is 16.4. The van der Waals surface area contributed by atoms with Gasteiger partial charge in [-0.1, -0.05) is 30.2 Å². The van der Waals surface area contributed by atoms with Crippen molar-refractivity contribution in [2.24, 2.45) is 5.41 Å². The minimum atomic E-state index is -1.15. The number of Topliss-reactive ketones (excluding diaryl/α,β-unsaturated/α-hetero) is 1. The largest absolute Gasteiger partial charge is 0.480 e. The van der Waals surface area contributed by atoms with Gasteiger partial charge in [0.1, 0.15) is 5.41 Å². The number of aliphatic carboxylic acids is 1. The summed E-state index contributed by atoms with van der Waals surface area (Å²) >= 11 is 0. The molecule has 1 aliphatic rings. The van der Waals surface area contributed by atoms with Gasteiger partial charge in [0.25, 0.3) is 0 Å². The second-order valence-corrected chi connectivity index (χ2v) is 4.89. The molecule has 0 aliphatic heterocycles. The first kappa shape index (κ1) is 11.8. The van der Waals surface area contributed by atoms with Crippen LogP contribution in [0.4, 0.5) is 0 Å². The molecule has 0 bridgehead atoms. The summed E-state index contributed by atoms with van der Waals surface area (Å²) in [6, 6.07) is 5.52. The maximum atomic E-state index is 12.3.